The first-order valence-corrected chi connectivity index (χ1v) is 3.33. The second-order valence-corrected chi connectivity index (χ2v) is 1.99. The first kappa shape index (κ1) is 8.66. The minimum Gasteiger partial charge on any atom is -0.378 e. The van der Waals surface area contributed by atoms with Gasteiger partial charge in [0.05, 0.1) is 0 Å². The zero-order valence-electron chi connectivity index (χ0n) is 5.93. The average Bonchev–Trinajstić information content (AvgIpc) is 1.85. The van der Waals surface area contributed by atoms with Gasteiger partial charge in [0.1, 0.15) is 6.23 Å². The molecular weight excluding hydrogens is 114 g/mol. The van der Waals surface area contributed by atoms with E-state index in [1.165, 1.54) is 0 Å². The fourth-order valence-corrected chi connectivity index (χ4v) is 0.552. The van der Waals surface area contributed by atoms with E-state index in [1.54, 1.807) is 6.08 Å². The van der Waals surface area contributed by atoms with Crippen molar-refractivity contribution < 1.29 is 5.11 Å². The Morgan fingerprint density at radius 3 is 2.89 bits per heavy atom. The minimum absolute atomic E-state index is 0.401. The molecule has 0 saturated carbocycles. The first-order valence-electron chi connectivity index (χ1n) is 3.33. The molecule has 0 radical (unpaired) electrons. The largest absolute Gasteiger partial charge is 0.378 e. The van der Waals surface area contributed by atoms with Crippen LogP contribution in [-0.2, 0) is 0 Å². The van der Waals surface area contributed by atoms with Gasteiger partial charge in [-0.3, -0.25) is 5.32 Å². The Hall–Kier alpha value is -0.340. The van der Waals surface area contributed by atoms with Gasteiger partial charge in [0.15, 0.2) is 0 Å². The van der Waals surface area contributed by atoms with Crippen LogP contribution in [-0.4, -0.2) is 17.9 Å². The van der Waals surface area contributed by atoms with Crippen molar-refractivity contribution in [3.63, 3.8) is 0 Å². The molecule has 2 heteroatoms. The van der Waals surface area contributed by atoms with Gasteiger partial charge in [0.2, 0.25) is 0 Å². The molecule has 0 aromatic rings. The van der Waals surface area contributed by atoms with Crippen molar-refractivity contribution in [3.8, 4) is 0 Å². The van der Waals surface area contributed by atoms with Crippen LogP contribution in [0.25, 0.3) is 0 Å². The molecule has 0 heterocycles. The van der Waals surface area contributed by atoms with Gasteiger partial charge in [-0.15, -0.1) is 6.58 Å². The van der Waals surface area contributed by atoms with Gasteiger partial charge in [-0.2, -0.15) is 0 Å². The molecule has 0 aliphatic rings. The Kier molecular flexibility index (Phi) is 5.57. The van der Waals surface area contributed by atoms with Gasteiger partial charge in [0, 0.05) is 6.42 Å². The maximum Gasteiger partial charge on any atom is 0.108 e. The third-order valence-corrected chi connectivity index (χ3v) is 1.02. The second-order valence-electron chi connectivity index (χ2n) is 1.99. The summed E-state index contributed by atoms with van der Waals surface area (Å²) < 4.78 is 0. The van der Waals surface area contributed by atoms with Crippen molar-refractivity contribution in [1.29, 1.82) is 0 Å². The molecule has 0 aromatic heterocycles. The van der Waals surface area contributed by atoms with Crippen LogP contribution in [0.4, 0.5) is 0 Å². The quantitative estimate of drug-likeness (QED) is 0.426. The highest BCUT2D eigenvalue weighted by Gasteiger charge is 1.95. The predicted octanol–water partition coefficient (Wildman–Crippen LogP) is 0.880. The summed E-state index contributed by atoms with van der Waals surface area (Å²) in [4.78, 5) is 0. The Balaban J connectivity index is 3.04. The molecule has 2 nitrogen and oxygen atoms in total. The summed E-state index contributed by atoms with van der Waals surface area (Å²) in [6.07, 6.45) is 2.98. The van der Waals surface area contributed by atoms with E-state index >= 15 is 0 Å². The highest BCUT2D eigenvalue weighted by atomic mass is 16.3. The normalized spacial score (nSPS) is 13.1. The molecule has 0 spiro atoms. The Bertz CT molecular complexity index is 73.3. The van der Waals surface area contributed by atoms with Crippen LogP contribution in [0, 0.1) is 0 Å². The maximum absolute atomic E-state index is 9.00. The SMILES string of the molecule is C=CCC(O)NCCC. The third-order valence-electron chi connectivity index (χ3n) is 1.02. The van der Waals surface area contributed by atoms with Crippen LogP contribution in [0.2, 0.25) is 0 Å². The average molecular weight is 129 g/mol. The molecule has 9 heavy (non-hydrogen) atoms. The molecule has 0 bridgehead atoms. The smallest absolute Gasteiger partial charge is 0.108 e. The third kappa shape index (κ3) is 5.53. The minimum atomic E-state index is -0.401. The van der Waals surface area contributed by atoms with E-state index in [-0.39, 0.29) is 0 Å². The Morgan fingerprint density at radius 1 is 1.78 bits per heavy atom. The van der Waals surface area contributed by atoms with Gasteiger partial charge in [0.25, 0.3) is 0 Å². The lowest BCUT2D eigenvalue weighted by atomic mass is 10.3. The summed E-state index contributed by atoms with van der Waals surface area (Å²) in [6, 6.07) is 0. The summed E-state index contributed by atoms with van der Waals surface area (Å²) in [5, 5.41) is 11.9. The van der Waals surface area contributed by atoms with E-state index in [2.05, 4.69) is 18.8 Å². The monoisotopic (exact) mass is 129 g/mol. The molecule has 0 aromatic carbocycles. The standard InChI is InChI=1S/C7H15NO/c1-3-5-7(9)8-6-4-2/h3,7-9H,1,4-6H2,2H3. The summed E-state index contributed by atoms with van der Waals surface area (Å²) in [7, 11) is 0. The fourth-order valence-electron chi connectivity index (χ4n) is 0.552. The van der Waals surface area contributed by atoms with Gasteiger partial charge in [-0.1, -0.05) is 13.0 Å². The van der Waals surface area contributed by atoms with Crippen LogP contribution in [0.3, 0.4) is 0 Å². The molecule has 0 rings (SSSR count). The molecule has 0 aliphatic carbocycles. The molecule has 1 unspecified atom stereocenters. The Morgan fingerprint density at radius 2 is 2.44 bits per heavy atom. The number of aliphatic hydroxyl groups is 1. The summed E-state index contributed by atoms with van der Waals surface area (Å²) >= 11 is 0. The summed E-state index contributed by atoms with van der Waals surface area (Å²) in [5.41, 5.74) is 0. The molecule has 0 fully saturated rings. The molecule has 0 aliphatic heterocycles. The van der Waals surface area contributed by atoms with Crippen LogP contribution in [0.1, 0.15) is 19.8 Å². The molecule has 54 valence electrons. The van der Waals surface area contributed by atoms with Gasteiger partial charge in [-0.25, -0.2) is 0 Å². The number of hydrogen-bond acceptors (Lipinski definition) is 2. The zero-order valence-corrected chi connectivity index (χ0v) is 5.93. The van der Waals surface area contributed by atoms with E-state index < -0.39 is 6.23 Å². The summed E-state index contributed by atoms with van der Waals surface area (Å²) in [5.74, 6) is 0. The van der Waals surface area contributed by atoms with Crippen molar-refractivity contribution in [3.05, 3.63) is 12.7 Å². The van der Waals surface area contributed by atoms with Crippen LogP contribution >= 0.6 is 0 Å². The van der Waals surface area contributed by atoms with E-state index in [1.807, 2.05) is 0 Å². The lowest BCUT2D eigenvalue weighted by Gasteiger charge is -2.07. The topological polar surface area (TPSA) is 32.3 Å². The number of aliphatic hydroxyl groups excluding tert-OH is 1. The number of rotatable bonds is 5. The van der Waals surface area contributed by atoms with E-state index in [4.69, 9.17) is 5.11 Å². The van der Waals surface area contributed by atoms with Crippen LogP contribution < -0.4 is 5.32 Å². The second kappa shape index (κ2) is 5.79. The van der Waals surface area contributed by atoms with E-state index in [0.29, 0.717) is 6.42 Å². The molecule has 1 atom stereocenters. The van der Waals surface area contributed by atoms with Crippen molar-refractivity contribution in [2.75, 3.05) is 6.54 Å². The van der Waals surface area contributed by atoms with Gasteiger partial charge in [-0.05, 0) is 13.0 Å². The fraction of sp³-hybridized carbons (Fsp3) is 0.714. The molecular formula is C7H15NO. The van der Waals surface area contributed by atoms with Crippen molar-refractivity contribution >= 4 is 0 Å². The van der Waals surface area contributed by atoms with Crippen molar-refractivity contribution in [2.24, 2.45) is 0 Å². The lowest BCUT2D eigenvalue weighted by Crippen LogP contribution is -2.28. The van der Waals surface area contributed by atoms with Gasteiger partial charge < -0.3 is 5.11 Å². The molecule has 2 N–H and O–H groups in total. The van der Waals surface area contributed by atoms with Crippen molar-refractivity contribution in [1.82, 2.24) is 5.32 Å². The predicted molar refractivity (Wildman–Crippen MR) is 39.1 cm³/mol. The summed E-state index contributed by atoms with van der Waals surface area (Å²) in [6.45, 7) is 6.44. The highest BCUT2D eigenvalue weighted by Crippen LogP contribution is 1.86. The highest BCUT2D eigenvalue weighted by molar-refractivity contribution is 4.70. The van der Waals surface area contributed by atoms with Crippen LogP contribution in [0.5, 0.6) is 0 Å². The number of hydrogen-bond donors (Lipinski definition) is 2. The van der Waals surface area contributed by atoms with Gasteiger partial charge >= 0.3 is 0 Å². The van der Waals surface area contributed by atoms with E-state index in [9.17, 15) is 0 Å². The molecule has 0 amide bonds. The van der Waals surface area contributed by atoms with E-state index in [0.717, 1.165) is 13.0 Å². The molecule has 0 saturated heterocycles. The Labute approximate surface area is 56.6 Å². The zero-order chi connectivity index (χ0) is 7.11. The lowest BCUT2D eigenvalue weighted by molar-refractivity contribution is 0.141. The van der Waals surface area contributed by atoms with Crippen LogP contribution in [0.15, 0.2) is 12.7 Å². The van der Waals surface area contributed by atoms with Crippen molar-refractivity contribution in [2.45, 2.75) is 26.0 Å². The maximum atomic E-state index is 9.00. The first-order chi connectivity index (χ1) is 4.31. The number of nitrogens with one attached hydrogen (secondary N) is 1.